The van der Waals surface area contributed by atoms with Crippen LogP contribution in [0.3, 0.4) is 0 Å². The number of amides is 3. The fourth-order valence-electron chi connectivity index (χ4n) is 5.09. The average molecular weight is 384 g/mol. The van der Waals surface area contributed by atoms with Gasteiger partial charge in [0.15, 0.2) is 0 Å². The molecule has 3 aliphatic rings. The lowest BCUT2D eigenvalue weighted by Gasteiger charge is -2.45. The van der Waals surface area contributed by atoms with Crippen LogP contribution in [0.2, 0.25) is 0 Å². The summed E-state index contributed by atoms with van der Waals surface area (Å²) in [5, 5.41) is 5.95. The van der Waals surface area contributed by atoms with Crippen LogP contribution in [0.1, 0.15) is 44.9 Å². The van der Waals surface area contributed by atoms with Gasteiger partial charge in [0.2, 0.25) is 17.7 Å². The van der Waals surface area contributed by atoms with Crippen LogP contribution in [0.5, 0.6) is 0 Å². The van der Waals surface area contributed by atoms with E-state index >= 15 is 0 Å². The second-order valence-corrected chi connectivity index (χ2v) is 8.32. The molecule has 1 aromatic rings. The van der Waals surface area contributed by atoms with Crippen LogP contribution in [0.4, 0.5) is 11.4 Å². The number of benzene rings is 1. The summed E-state index contributed by atoms with van der Waals surface area (Å²) in [4.78, 5) is 38.6. The minimum Gasteiger partial charge on any atom is -0.353 e. The van der Waals surface area contributed by atoms with E-state index in [0.29, 0.717) is 23.2 Å². The van der Waals surface area contributed by atoms with E-state index in [-0.39, 0.29) is 49.2 Å². The molecule has 2 unspecified atom stereocenters. The van der Waals surface area contributed by atoms with Crippen molar-refractivity contribution in [3.05, 3.63) is 24.3 Å². The normalized spacial score (nSPS) is 28.9. The maximum Gasteiger partial charge on any atom is 0.244 e. The topological polar surface area (TPSA) is 105 Å². The molecule has 2 saturated carbocycles. The fraction of sp³-hybridized carbons (Fsp3) is 0.571. The van der Waals surface area contributed by atoms with Gasteiger partial charge in [-0.05, 0) is 49.7 Å². The van der Waals surface area contributed by atoms with E-state index < -0.39 is 0 Å². The minimum absolute atomic E-state index is 0.0118. The first-order valence-corrected chi connectivity index (χ1v) is 10.3. The van der Waals surface area contributed by atoms with Gasteiger partial charge in [0, 0.05) is 24.9 Å². The molecule has 3 amide bonds. The number of nitrogens with zero attached hydrogens (tertiary/aromatic N) is 1. The van der Waals surface area contributed by atoms with Crippen molar-refractivity contribution < 1.29 is 14.4 Å². The summed E-state index contributed by atoms with van der Waals surface area (Å²) < 4.78 is 0. The van der Waals surface area contributed by atoms with Crippen molar-refractivity contribution in [2.75, 3.05) is 16.8 Å². The van der Waals surface area contributed by atoms with Gasteiger partial charge in [-0.3, -0.25) is 14.4 Å². The van der Waals surface area contributed by atoms with Crippen LogP contribution in [0.15, 0.2) is 24.3 Å². The van der Waals surface area contributed by atoms with E-state index in [2.05, 4.69) is 10.6 Å². The highest BCUT2D eigenvalue weighted by Gasteiger charge is 2.39. The maximum absolute atomic E-state index is 12.7. The van der Waals surface area contributed by atoms with Crippen LogP contribution < -0.4 is 21.3 Å². The lowest BCUT2D eigenvalue weighted by atomic mass is 9.67. The second kappa shape index (κ2) is 7.91. The molecule has 1 aliphatic heterocycles. The molecule has 4 N–H and O–H groups in total. The van der Waals surface area contributed by atoms with Gasteiger partial charge in [0.05, 0.1) is 11.4 Å². The van der Waals surface area contributed by atoms with E-state index in [9.17, 15) is 14.4 Å². The Morgan fingerprint density at radius 3 is 2.61 bits per heavy atom. The van der Waals surface area contributed by atoms with Gasteiger partial charge < -0.3 is 21.3 Å². The number of fused-ring (bicyclic) bond motifs is 3. The predicted molar refractivity (Wildman–Crippen MR) is 107 cm³/mol. The highest BCUT2D eigenvalue weighted by molar-refractivity contribution is 6.10. The third-order valence-corrected chi connectivity index (χ3v) is 6.34. The monoisotopic (exact) mass is 384 g/mol. The van der Waals surface area contributed by atoms with Crippen molar-refractivity contribution in [1.82, 2.24) is 5.32 Å². The van der Waals surface area contributed by atoms with Gasteiger partial charge >= 0.3 is 0 Å². The Balaban J connectivity index is 1.34. The fourth-order valence-corrected chi connectivity index (χ4v) is 5.09. The van der Waals surface area contributed by atoms with Gasteiger partial charge in [0.25, 0.3) is 0 Å². The zero-order valence-electron chi connectivity index (χ0n) is 16.0. The Morgan fingerprint density at radius 1 is 1.14 bits per heavy atom. The number of hydrogen-bond donors (Lipinski definition) is 3. The Kier molecular flexibility index (Phi) is 5.35. The van der Waals surface area contributed by atoms with E-state index in [4.69, 9.17) is 5.73 Å². The molecule has 2 bridgehead atoms. The van der Waals surface area contributed by atoms with Gasteiger partial charge in [-0.1, -0.05) is 18.6 Å². The summed E-state index contributed by atoms with van der Waals surface area (Å²) in [7, 11) is 0. The molecule has 1 heterocycles. The highest BCUT2D eigenvalue weighted by Crippen LogP contribution is 2.39. The lowest BCUT2D eigenvalue weighted by molar-refractivity contribution is -0.127. The van der Waals surface area contributed by atoms with Gasteiger partial charge in [0.1, 0.15) is 6.54 Å². The summed E-state index contributed by atoms with van der Waals surface area (Å²) in [6, 6.07) is 7.65. The number of nitrogens with two attached hydrogens (primary N) is 1. The summed E-state index contributed by atoms with van der Waals surface area (Å²) >= 11 is 0. The number of para-hydroxylation sites is 2. The Hall–Kier alpha value is -2.41. The number of rotatable bonds is 4. The van der Waals surface area contributed by atoms with Gasteiger partial charge in [-0.25, -0.2) is 0 Å². The summed E-state index contributed by atoms with van der Waals surface area (Å²) in [6.07, 6.45) is 5.63. The van der Waals surface area contributed by atoms with E-state index in [1.165, 1.54) is 11.3 Å². The molecule has 1 aromatic carbocycles. The molecule has 2 atom stereocenters. The van der Waals surface area contributed by atoms with E-state index in [0.717, 1.165) is 25.7 Å². The molecule has 0 saturated heterocycles. The Labute approximate surface area is 165 Å². The largest absolute Gasteiger partial charge is 0.353 e. The van der Waals surface area contributed by atoms with Crippen LogP contribution in [-0.4, -0.2) is 36.3 Å². The molecule has 7 heteroatoms. The van der Waals surface area contributed by atoms with Gasteiger partial charge in [-0.2, -0.15) is 0 Å². The van der Waals surface area contributed by atoms with E-state index in [1.807, 2.05) is 12.1 Å². The zero-order chi connectivity index (χ0) is 19.7. The summed E-state index contributed by atoms with van der Waals surface area (Å²) in [6.45, 7) is -0.0118. The molecule has 150 valence electrons. The molecular formula is C21H28N4O3. The molecular weight excluding hydrogens is 356 g/mol. The standard InChI is InChI=1S/C21H28N4O3/c22-15-10-13-4-3-5-14(11-15)21(13)24-18(26)8-9-20(28)25-12-19(27)23-16-6-1-2-7-17(16)25/h1-2,6-7,13-15,21H,3-5,8-12,22H2,(H,23,27)(H,24,26). The minimum atomic E-state index is -0.220. The van der Waals surface area contributed by atoms with Crippen molar-refractivity contribution in [3.63, 3.8) is 0 Å². The molecule has 0 aromatic heterocycles. The van der Waals surface area contributed by atoms with Crippen molar-refractivity contribution in [2.45, 2.75) is 57.0 Å². The maximum atomic E-state index is 12.7. The smallest absolute Gasteiger partial charge is 0.244 e. The number of anilines is 2. The molecule has 7 nitrogen and oxygen atoms in total. The molecule has 0 spiro atoms. The number of hydrogen-bond acceptors (Lipinski definition) is 4. The third kappa shape index (κ3) is 3.90. The Bertz CT molecular complexity index is 767. The van der Waals surface area contributed by atoms with Crippen molar-refractivity contribution in [3.8, 4) is 0 Å². The van der Waals surface area contributed by atoms with Crippen LogP contribution >= 0.6 is 0 Å². The first-order chi connectivity index (χ1) is 13.5. The first kappa shape index (κ1) is 18.9. The lowest BCUT2D eigenvalue weighted by Crippen LogP contribution is -2.53. The van der Waals surface area contributed by atoms with Crippen molar-refractivity contribution in [1.29, 1.82) is 0 Å². The van der Waals surface area contributed by atoms with Crippen LogP contribution in [0.25, 0.3) is 0 Å². The second-order valence-electron chi connectivity index (χ2n) is 8.32. The number of carbonyl (C=O) groups is 3. The summed E-state index contributed by atoms with van der Waals surface area (Å²) in [5.41, 5.74) is 7.47. The zero-order valence-corrected chi connectivity index (χ0v) is 16.0. The Morgan fingerprint density at radius 2 is 1.86 bits per heavy atom. The molecule has 2 aliphatic carbocycles. The van der Waals surface area contributed by atoms with Crippen LogP contribution in [-0.2, 0) is 14.4 Å². The highest BCUT2D eigenvalue weighted by atomic mass is 16.2. The predicted octanol–water partition coefficient (Wildman–Crippen LogP) is 1.77. The average Bonchev–Trinajstić information content (AvgIpc) is 2.66. The third-order valence-electron chi connectivity index (χ3n) is 6.34. The summed E-state index contributed by atoms with van der Waals surface area (Å²) in [5.74, 6) is 0.409. The van der Waals surface area contributed by atoms with Crippen molar-refractivity contribution >= 4 is 29.1 Å². The first-order valence-electron chi connectivity index (χ1n) is 10.3. The van der Waals surface area contributed by atoms with Crippen LogP contribution in [0, 0.1) is 11.8 Å². The molecule has 2 fully saturated rings. The van der Waals surface area contributed by atoms with E-state index in [1.54, 1.807) is 12.1 Å². The SMILES string of the molecule is NC1CC2CCCC(C1)C2NC(=O)CCC(=O)N1CC(=O)Nc2ccccc21. The molecule has 28 heavy (non-hydrogen) atoms. The molecule has 4 rings (SSSR count). The quantitative estimate of drug-likeness (QED) is 0.736. The van der Waals surface area contributed by atoms with Crippen molar-refractivity contribution in [2.24, 2.45) is 17.6 Å². The molecule has 0 radical (unpaired) electrons. The van der Waals surface area contributed by atoms with Gasteiger partial charge in [-0.15, -0.1) is 0 Å². The number of nitrogens with one attached hydrogen (secondary N) is 2. The number of carbonyl (C=O) groups excluding carboxylic acids is 3.